The second kappa shape index (κ2) is 10.7. The van der Waals surface area contributed by atoms with Crippen LogP contribution in [-0.2, 0) is 17.6 Å². The number of aromatic nitrogens is 5. The molecule has 216 valence electrons. The average Bonchev–Trinajstić information content (AvgIpc) is 3.36. The lowest BCUT2D eigenvalue weighted by Crippen LogP contribution is -2.48. The maximum atomic E-state index is 12.1. The van der Waals surface area contributed by atoms with Gasteiger partial charge < -0.3 is 21.3 Å². The van der Waals surface area contributed by atoms with Crippen LogP contribution in [0.15, 0.2) is 48.7 Å². The molecule has 0 saturated carbocycles. The average molecular weight is 567 g/mol. The number of aryl methyl sites for hydroxylation is 1. The molecule has 8 N–H and O–H groups in total. The van der Waals surface area contributed by atoms with E-state index < -0.39 is 0 Å². The molecule has 1 aromatic carbocycles. The minimum Gasteiger partial charge on any atom is -0.370 e. The molecule has 6 heterocycles. The summed E-state index contributed by atoms with van der Waals surface area (Å²) in [5, 5.41) is 11.8. The van der Waals surface area contributed by atoms with Crippen molar-refractivity contribution in [1.82, 2.24) is 35.2 Å². The summed E-state index contributed by atoms with van der Waals surface area (Å²) in [4.78, 5) is 28.8. The van der Waals surface area contributed by atoms with Gasteiger partial charge in [0.2, 0.25) is 17.8 Å². The van der Waals surface area contributed by atoms with Gasteiger partial charge >= 0.3 is 0 Å². The Kier molecular flexibility index (Phi) is 6.69. The van der Waals surface area contributed by atoms with Crippen molar-refractivity contribution in [3.05, 3.63) is 65.6 Å². The predicted octanol–water partition coefficient (Wildman–Crippen LogP) is 1.77. The summed E-state index contributed by atoms with van der Waals surface area (Å²) in [5.41, 5.74) is 13.8. The van der Waals surface area contributed by atoms with Crippen LogP contribution in [0.3, 0.4) is 0 Å². The van der Waals surface area contributed by atoms with Crippen LogP contribution in [0.2, 0.25) is 0 Å². The molecule has 1 amide bonds. The monoisotopic (exact) mass is 566 g/mol. The minimum atomic E-state index is -0.211. The quantitative estimate of drug-likeness (QED) is 0.162. The van der Waals surface area contributed by atoms with Crippen LogP contribution < -0.4 is 33.0 Å². The number of anilines is 4. The van der Waals surface area contributed by atoms with Crippen molar-refractivity contribution in [2.75, 3.05) is 35.6 Å². The first-order valence-corrected chi connectivity index (χ1v) is 14.3. The second-order valence-electron chi connectivity index (χ2n) is 11.2. The molecular formula is C29H34N12O. The van der Waals surface area contributed by atoms with E-state index in [0.717, 1.165) is 77.7 Å². The molecule has 4 aromatic rings. The molecule has 2 bridgehead atoms. The number of piperidine rings is 1. The van der Waals surface area contributed by atoms with Crippen LogP contribution in [0, 0.1) is 0 Å². The number of nitrogens with one attached hydrogen (secondary N) is 2. The highest BCUT2D eigenvalue weighted by molar-refractivity contribution is 5.83. The minimum absolute atomic E-state index is 0.0181. The Morgan fingerprint density at radius 3 is 2.67 bits per heavy atom. The summed E-state index contributed by atoms with van der Waals surface area (Å²) < 4.78 is 1.60. The molecule has 1 fully saturated rings. The van der Waals surface area contributed by atoms with E-state index >= 15 is 0 Å². The van der Waals surface area contributed by atoms with E-state index in [-0.39, 0.29) is 24.4 Å². The van der Waals surface area contributed by atoms with Gasteiger partial charge in [-0.3, -0.25) is 21.5 Å². The lowest BCUT2D eigenvalue weighted by Gasteiger charge is -2.42. The zero-order valence-electron chi connectivity index (χ0n) is 23.2. The topological polar surface area (TPSA) is 182 Å². The number of amides is 1. The van der Waals surface area contributed by atoms with Gasteiger partial charge in [-0.25, -0.2) is 4.98 Å². The van der Waals surface area contributed by atoms with E-state index in [1.54, 1.807) is 10.9 Å². The molecule has 1 aliphatic carbocycles. The van der Waals surface area contributed by atoms with E-state index in [0.29, 0.717) is 24.1 Å². The third-order valence-corrected chi connectivity index (χ3v) is 8.34. The molecule has 13 heteroatoms. The van der Waals surface area contributed by atoms with Crippen LogP contribution in [0.4, 0.5) is 23.3 Å². The Morgan fingerprint density at radius 2 is 1.88 bits per heavy atom. The van der Waals surface area contributed by atoms with Gasteiger partial charge in [-0.15, -0.1) is 5.10 Å². The number of nitrogen functional groups attached to an aromatic ring is 1. The lowest BCUT2D eigenvalue weighted by molar-refractivity contribution is -0.123. The van der Waals surface area contributed by atoms with Crippen LogP contribution in [-0.4, -0.2) is 61.4 Å². The maximum Gasteiger partial charge on any atom is 0.248 e. The molecule has 4 aliphatic rings. The SMILES string of the molecule is Nc1nc(Nc2cnc3c(c2)CC(NC(=O)CN(N)N)CC3)nn1-c1cc(-c2ccccc2)c2c(n1)C1CCN2CC1. The molecule has 8 rings (SSSR count). The summed E-state index contributed by atoms with van der Waals surface area (Å²) in [6, 6.07) is 14.5. The summed E-state index contributed by atoms with van der Waals surface area (Å²) in [6.07, 6.45) is 6.19. The highest BCUT2D eigenvalue weighted by Crippen LogP contribution is 2.46. The van der Waals surface area contributed by atoms with Crippen molar-refractivity contribution in [1.29, 1.82) is 0 Å². The number of fused-ring (bicyclic) bond motifs is 3. The Morgan fingerprint density at radius 1 is 1.07 bits per heavy atom. The number of benzene rings is 1. The van der Waals surface area contributed by atoms with Gasteiger partial charge in [-0.1, -0.05) is 30.3 Å². The molecule has 0 radical (unpaired) electrons. The molecule has 1 saturated heterocycles. The van der Waals surface area contributed by atoms with E-state index in [1.165, 1.54) is 5.69 Å². The van der Waals surface area contributed by atoms with Gasteiger partial charge in [0.05, 0.1) is 23.3 Å². The predicted molar refractivity (Wildman–Crippen MR) is 160 cm³/mol. The highest BCUT2D eigenvalue weighted by Gasteiger charge is 2.35. The largest absolute Gasteiger partial charge is 0.370 e. The van der Waals surface area contributed by atoms with Crippen LogP contribution in [0.1, 0.15) is 42.1 Å². The molecule has 0 spiro atoms. The van der Waals surface area contributed by atoms with Crippen molar-refractivity contribution >= 4 is 29.2 Å². The smallest absolute Gasteiger partial charge is 0.248 e. The molecule has 1 unspecified atom stereocenters. The molecule has 3 aliphatic heterocycles. The maximum absolute atomic E-state index is 12.1. The van der Waals surface area contributed by atoms with Crippen LogP contribution >= 0.6 is 0 Å². The lowest BCUT2D eigenvalue weighted by atomic mass is 9.84. The molecule has 3 aromatic heterocycles. The van der Waals surface area contributed by atoms with Crippen molar-refractivity contribution in [2.45, 2.75) is 44.1 Å². The first kappa shape index (κ1) is 26.3. The van der Waals surface area contributed by atoms with Gasteiger partial charge in [0, 0.05) is 36.3 Å². The normalized spacial score (nSPS) is 17.7. The van der Waals surface area contributed by atoms with E-state index in [9.17, 15) is 4.79 Å². The Balaban J connectivity index is 1.15. The summed E-state index contributed by atoms with van der Waals surface area (Å²) in [7, 11) is 0. The Bertz CT molecular complexity index is 1630. The Hall–Kier alpha value is -4.59. The molecule has 1 atom stereocenters. The Labute approximate surface area is 243 Å². The van der Waals surface area contributed by atoms with Crippen molar-refractivity contribution in [3.8, 4) is 16.9 Å². The van der Waals surface area contributed by atoms with Gasteiger partial charge in [-0.05, 0) is 55.4 Å². The van der Waals surface area contributed by atoms with Crippen molar-refractivity contribution in [2.24, 2.45) is 11.7 Å². The fourth-order valence-corrected chi connectivity index (χ4v) is 6.41. The molecular weight excluding hydrogens is 532 g/mol. The summed E-state index contributed by atoms with van der Waals surface area (Å²) >= 11 is 0. The number of nitrogens with zero attached hydrogens (tertiary/aromatic N) is 7. The summed E-state index contributed by atoms with van der Waals surface area (Å²) in [6.45, 7) is 2.05. The number of carbonyl (C=O) groups is 1. The number of hydrazine groups is 2. The number of pyridine rings is 2. The van der Waals surface area contributed by atoms with Gasteiger partial charge in [0.25, 0.3) is 0 Å². The van der Waals surface area contributed by atoms with E-state index in [4.69, 9.17) is 27.5 Å². The number of hydrogen-bond acceptors (Lipinski definition) is 11. The third kappa shape index (κ3) is 5.02. The van der Waals surface area contributed by atoms with Gasteiger partial charge in [-0.2, -0.15) is 14.8 Å². The third-order valence-electron chi connectivity index (χ3n) is 8.34. The van der Waals surface area contributed by atoms with E-state index in [2.05, 4.69) is 55.8 Å². The van der Waals surface area contributed by atoms with Crippen LogP contribution in [0.25, 0.3) is 16.9 Å². The fourth-order valence-electron chi connectivity index (χ4n) is 6.41. The zero-order valence-corrected chi connectivity index (χ0v) is 23.2. The number of carbonyl (C=O) groups excluding carboxylic acids is 1. The van der Waals surface area contributed by atoms with Crippen molar-refractivity contribution < 1.29 is 4.79 Å². The van der Waals surface area contributed by atoms with Crippen LogP contribution in [0.5, 0.6) is 0 Å². The first-order chi connectivity index (χ1) is 20.4. The number of rotatable bonds is 7. The highest BCUT2D eigenvalue weighted by atomic mass is 16.2. The first-order valence-electron chi connectivity index (χ1n) is 14.3. The van der Waals surface area contributed by atoms with Crippen molar-refractivity contribution in [3.63, 3.8) is 0 Å². The van der Waals surface area contributed by atoms with Gasteiger partial charge in [0.15, 0.2) is 5.82 Å². The standard InChI is InChI=1S/C29H34N12O/c30-28-37-29(35-21-13-19-12-20(6-7-23(19)33-15-21)34-25(42)16-40(31)32)38-41(28)24-14-22(17-4-2-1-3-5-17)27-26(36-24)18-8-10-39(27)11-9-18/h1-5,13-15,18,20H,6-12,16,31-32H2,(H,34,42)(H3,30,35,37,38). The zero-order chi connectivity index (χ0) is 28.8. The fraction of sp³-hybridized carbons (Fsp3) is 0.345. The second-order valence-corrected chi connectivity index (χ2v) is 11.2. The van der Waals surface area contributed by atoms with E-state index in [1.807, 2.05) is 12.1 Å². The molecule has 42 heavy (non-hydrogen) atoms. The van der Waals surface area contributed by atoms with Gasteiger partial charge in [0.1, 0.15) is 6.54 Å². The number of nitrogens with two attached hydrogens (primary N) is 3. The number of hydrogen-bond donors (Lipinski definition) is 5. The molecule has 13 nitrogen and oxygen atoms in total. The summed E-state index contributed by atoms with van der Waals surface area (Å²) in [5.74, 6) is 12.3.